The van der Waals surface area contributed by atoms with E-state index in [1.807, 2.05) is 26.8 Å². The maximum atomic E-state index is 11.8. The fourth-order valence-corrected chi connectivity index (χ4v) is 2.23. The quantitative estimate of drug-likeness (QED) is 0.848. The highest BCUT2D eigenvalue weighted by molar-refractivity contribution is 9.11. The van der Waals surface area contributed by atoms with Crippen LogP contribution in [-0.2, 0) is 0 Å². The van der Waals surface area contributed by atoms with E-state index >= 15 is 0 Å². The Morgan fingerprint density at radius 1 is 1.60 bits per heavy atom. The maximum Gasteiger partial charge on any atom is 0.261 e. The van der Waals surface area contributed by atoms with Crippen molar-refractivity contribution in [2.45, 2.75) is 31.7 Å². The van der Waals surface area contributed by atoms with Crippen molar-refractivity contribution in [1.29, 1.82) is 0 Å². The van der Waals surface area contributed by atoms with Crippen LogP contribution in [0.3, 0.4) is 0 Å². The van der Waals surface area contributed by atoms with Gasteiger partial charge in [0.25, 0.3) is 5.91 Å². The first-order valence-corrected chi connectivity index (χ1v) is 6.59. The lowest BCUT2D eigenvalue weighted by atomic mass is 10.0. The second-order valence-electron chi connectivity index (χ2n) is 3.90. The maximum absolute atomic E-state index is 11.8. The molecule has 0 aliphatic heterocycles. The van der Waals surface area contributed by atoms with Crippen LogP contribution in [0.25, 0.3) is 0 Å². The van der Waals surface area contributed by atoms with Gasteiger partial charge in [-0.25, -0.2) is 0 Å². The number of nitrogens with one attached hydrogen (secondary N) is 1. The average Bonchev–Trinajstić information content (AvgIpc) is 2.50. The molecule has 1 atom stereocenters. The third kappa shape index (κ3) is 3.47. The van der Waals surface area contributed by atoms with Gasteiger partial charge in [0.15, 0.2) is 0 Å². The van der Waals surface area contributed by atoms with E-state index in [1.165, 1.54) is 11.3 Å². The number of alkyl halides is 1. The summed E-state index contributed by atoms with van der Waals surface area (Å²) < 4.78 is 0.948. The lowest BCUT2D eigenvalue weighted by Gasteiger charge is -2.28. The van der Waals surface area contributed by atoms with Gasteiger partial charge in [-0.15, -0.1) is 22.9 Å². The standard InChI is InChI=1S/C10H13BrClNOS/c1-6(12)10(2,3)13-9(14)7-4-5-8(11)15-7/h4-6H,1-3H3,(H,13,14). The molecule has 0 aliphatic carbocycles. The first-order valence-electron chi connectivity index (χ1n) is 4.55. The van der Waals surface area contributed by atoms with Crippen LogP contribution in [0, 0.1) is 0 Å². The van der Waals surface area contributed by atoms with Crippen molar-refractivity contribution in [3.63, 3.8) is 0 Å². The van der Waals surface area contributed by atoms with Crippen LogP contribution in [0.5, 0.6) is 0 Å². The van der Waals surface area contributed by atoms with E-state index in [0.29, 0.717) is 4.88 Å². The summed E-state index contributed by atoms with van der Waals surface area (Å²) in [4.78, 5) is 12.5. The predicted octanol–water partition coefficient (Wildman–Crippen LogP) is 3.65. The van der Waals surface area contributed by atoms with Crippen LogP contribution in [0.15, 0.2) is 15.9 Å². The molecule has 2 nitrogen and oxygen atoms in total. The van der Waals surface area contributed by atoms with Gasteiger partial charge < -0.3 is 5.32 Å². The highest BCUT2D eigenvalue weighted by Gasteiger charge is 2.26. The summed E-state index contributed by atoms with van der Waals surface area (Å²) in [6.45, 7) is 5.68. The monoisotopic (exact) mass is 309 g/mol. The molecule has 1 aromatic rings. The van der Waals surface area contributed by atoms with E-state index in [9.17, 15) is 4.79 Å². The third-order valence-electron chi connectivity index (χ3n) is 2.23. The number of thiophene rings is 1. The van der Waals surface area contributed by atoms with Crippen LogP contribution < -0.4 is 5.32 Å². The second-order valence-corrected chi connectivity index (χ2v) is 7.01. The molecule has 0 aliphatic rings. The van der Waals surface area contributed by atoms with Crippen LogP contribution in [0.4, 0.5) is 0 Å². The number of rotatable bonds is 3. The van der Waals surface area contributed by atoms with Crippen LogP contribution in [0.1, 0.15) is 30.4 Å². The molecule has 1 N–H and O–H groups in total. The lowest BCUT2D eigenvalue weighted by molar-refractivity contribution is 0.0916. The Bertz CT molecular complexity index is 362. The zero-order valence-electron chi connectivity index (χ0n) is 8.80. The molecule has 84 valence electrons. The van der Waals surface area contributed by atoms with Crippen molar-refractivity contribution in [3.05, 3.63) is 20.8 Å². The van der Waals surface area contributed by atoms with E-state index in [4.69, 9.17) is 11.6 Å². The van der Waals surface area contributed by atoms with Crippen molar-refractivity contribution in [2.75, 3.05) is 0 Å². The summed E-state index contributed by atoms with van der Waals surface area (Å²) in [7, 11) is 0. The Labute approximate surface area is 107 Å². The second kappa shape index (κ2) is 4.85. The molecule has 0 spiro atoms. The Hall–Kier alpha value is -0.0600. The molecule has 15 heavy (non-hydrogen) atoms. The molecule has 1 rings (SSSR count). The molecule has 1 aromatic heterocycles. The Balaban J connectivity index is 2.72. The van der Waals surface area contributed by atoms with Gasteiger partial charge in [0, 0.05) is 0 Å². The molecule has 0 fully saturated rings. The predicted molar refractivity (Wildman–Crippen MR) is 68.9 cm³/mol. The number of hydrogen-bond acceptors (Lipinski definition) is 2. The van der Waals surface area contributed by atoms with Crippen molar-refractivity contribution in [3.8, 4) is 0 Å². The van der Waals surface area contributed by atoms with E-state index < -0.39 is 5.54 Å². The molecular formula is C10H13BrClNOS. The molecule has 0 saturated carbocycles. The Kier molecular flexibility index (Phi) is 4.20. The van der Waals surface area contributed by atoms with Gasteiger partial charge in [0.2, 0.25) is 0 Å². The molecule has 0 bridgehead atoms. The summed E-state index contributed by atoms with van der Waals surface area (Å²) in [6, 6.07) is 3.65. The van der Waals surface area contributed by atoms with Crippen LogP contribution in [-0.4, -0.2) is 16.8 Å². The van der Waals surface area contributed by atoms with Gasteiger partial charge in [-0.05, 0) is 48.8 Å². The fourth-order valence-electron chi connectivity index (χ4n) is 0.890. The summed E-state index contributed by atoms with van der Waals surface area (Å²) >= 11 is 10.7. The van der Waals surface area contributed by atoms with Gasteiger partial charge >= 0.3 is 0 Å². The minimum absolute atomic E-state index is 0.0804. The molecule has 1 unspecified atom stereocenters. The van der Waals surface area contributed by atoms with Crippen LogP contribution in [0.2, 0.25) is 0 Å². The number of carbonyl (C=O) groups is 1. The van der Waals surface area contributed by atoms with Gasteiger partial charge in [0.05, 0.1) is 19.6 Å². The minimum atomic E-state index is -0.408. The third-order valence-corrected chi connectivity index (χ3v) is 4.40. The van der Waals surface area contributed by atoms with E-state index in [-0.39, 0.29) is 11.3 Å². The lowest BCUT2D eigenvalue weighted by Crippen LogP contribution is -2.48. The summed E-state index contributed by atoms with van der Waals surface area (Å²) in [5, 5.41) is 2.78. The normalized spacial score (nSPS) is 13.7. The van der Waals surface area contributed by atoms with E-state index in [2.05, 4.69) is 21.2 Å². The summed E-state index contributed by atoms with van der Waals surface area (Å²) in [5.41, 5.74) is -0.408. The van der Waals surface area contributed by atoms with Gasteiger partial charge in [-0.2, -0.15) is 0 Å². The molecule has 5 heteroatoms. The molecule has 0 aromatic carbocycles. The van der Waals surface area contributed by atoms with Crippen molar-refractivity contribution in [1.82, 2.24) is 5.32 Å². The van der Waals surface area contributed by atoms with Crippen molar-refractivity contribution in [2.24, 2.45) is 0 Å². The number of amides is 1. The summed E-state index contributed by atoms with van der Waals surface area (Å²) in [6.07, 6.45) is 0. The highest BCUT2D eigenvalue weighted by Crippen LogP contribution is 2.23. The number of halogens is 2. The Morgan fingerprint density at radius 3 is 2.60 bits per heavy atom. The molecule has 1 amide bonds. The first-order chi connectivity index (χ1) is 6.83. The Morgan fingerprint density at radius 2 is 2.20 bits per heavy atom. The fraction of sp³-hybridized carbons (Fsp3) is 0.500. The topological polar surface area (TPSA) is 29.1 Å². The van der Waals surface area contributed by atoms with Gasteiger partial charge in [-0.3, -0.25) is 4.79 Å². The largest absolute Gasteiger partial charge is 0.345 e. The van der Waals surface area contributed by atoms with E-state index in [0.717, 1.165) is 3.79 Å². The molecule has 1 heterocycles. The van der Waals surface area contributed by atoms with Gasteiger partial charge in [-0.1, -0.05) is 0 Å². The van der Waals surface area contributed by atoms with Crippen molar-refractivity contribution < 1.29 is 4.79 Å². The minimum Gasteiger partial charge on any atom is -0.345 e. The van der Waals surface area contributed by atoms with Gasteiger partial charge in [0.1, 0.15) is 0 Å². The zero-order valence-corrected chi connectivity index (χ0v) is 12.0. The van der Waals surface area contributed by atoms with Crippen LogP contribution >= 0.6 is 38.9 Å². The first kappa shape index (κ1) is 13.0. The smallest absolute Gasteiger partial charge is 0.261 e. The number of hydrogen-bond donors (Lipinski definition) is 1. The summed E-state index contributed by atoms with van der Waals surface area (Å²) in [5.74, 6) is -0.0804. The van der Waals surface area contributed by atoms with E-state index in [1.54, 1.807) is 6.07 Å². The molecule has 0 radical (unpaired) electrons. The average molecular weight is 311 g/mol. The highest BCUT2D eigenvalue weighted by atomic mass is 79.9. The molecule has 0 saturated heterocycles. The molecular weight excluding hydrogens is 298 g/mol. The van der Waals surface area contributed by atoms with Crippen molar-refractivity contribution >= 4 is 44.8 Å². The zero-order chi connectivity index (χ0) is 11.6. The SMILES string of the molecule is CC(Cl)C(C)(C)NC(=O)c1ccc(Br)s1. The number of carbonyl (C=O) groups excluding carboxylic acids is 1.